The van der Waals surface area contributed by atoms with Crippen molar-refractivity contribution in [3.63, 3.8) is 0 Å². The molecule has 0 unspecified atom stereocenters. The summed E-state index contributed by atoms with van der Waals surface area (Å²) in [5.41, 5.74) is 0. The first kappa shape index (κ1) is 15.7. The summed E-state index contributed by atoms with van der Waals surface area (Å²) in [6, 6.07) is 0. The number of unbranched alkanes of at least 4 members (excludes halogenated alkanes) is 3. The van der Waals surface area contributed by atoms with E-state index in [4.69, 9.17) is 0 Å². The Morgan fingerprint density at radius 2 is 1.76 bits per heavy atom. The van der Waals surface area contributed by atoms with E-state index in [2.05, 4.69) is 31.2 Å². The van der Waals surface area contributed by atoms with Crippen LogP contribution in [0.3, 0.4) is 0 Å². The van der Waals surface area contributed by atoms with Gasteiger partial charge >= 0.3 is 12.3 Å². The summed E-state index contributed by atoms with van der Waals surface area (Å²) in [4.78, 5) is 29.8. The van der Waals surface area contributed by atoms with Gasteiger partial charge in [0.15, 0.2) is 0 Å². The Morgan fingerprint density at radius 1 is 1.00 bits per heavy atom. The third kappa shape index (κ3) is 10.9. The van der Waals surface area contributed by atoms with Crippen LogP contribution in [0.15, 0.2) is 0 Å². The molecule has 0 aromatic heterocycles. The van der Waals surface area contributed by atoms with Crippen molar-refractivity contribution in [2.45, 2.75) is 39.5 Å². The molecule has 0 aromatic rings. The van der Waals surface area contributed by atoms with Crippen molar-refractivity contribution < 1.29 is 33.9 Å². The highest BCUT2D eigenvalue weighted by Gasteiger charge is 2.13. The number of carbonyl (C=O) groups is 2. The second kappa shape index (κ2) is 11.2. The normalized spacial score (nSPS) is 9.76. The molecule has 0 aliphatic carbocycles. The zero-order chi connectivity index (χ0) is 12.9. The fraction of sp³-hybridized carbons (Fsp3) is 0.800. The maximum atomic E-state index is 10.7. The summed E-state index contributed by atoms with van der Waals surface area (Å²) in [5.74, 6) is 0. The molecule has 0 spiro atoms. The van der Waals surface area contributed by atoms with Crippen molar-refractivity contribution in [2.24, 2.45) is 0 Å². The fourth-order valence-electron chi connectivity index (χ4n) is 0.906. The third-order valence-corrected chi connectivity index (χ3v) is 1.66. The van der Waals surface area contributed by atoms with Crippen molar-refractivity contribution in [1.82, 2.24) is 0 Å². The van der Waals surface area contributed by atoms with Crippen LogP contribution in [0.1, 0.15) is 39.5 Å². The van der Waals surface area contributed by atoms with Crippen molar-refractivity contribution in [2.75, 3.05) is 13.2 Å². The van der Waals surface area contributed by atoms with Crippen LogP contribution in [0.5, 0.6) is 0 Å². The number of rotatable bonds is 8. The van der Waals surface area contributed by atoms with Crippen molar-refractivity contribution in [1.29, 1.82) is 0 Å². The molecule has 0 atom stereocenters. The summed E-state index contributed by atoms with van der Waals surface area (Å²) < 4.78 is 8.33. The van der Waals surface area contributed by atoms with Gasteiger partial charge in [0.25, 0.3) is 0 Å². The van der Waals surface area contributed by atoms with Crippen LogP contribution in [0.2, 0.25) is 0 Å². The molecule has 0 radical (unpaired) electrons. The highest BCUT2D eigenvalue weighted by Crippen LogP contribution is 1.99. The molecule has 0 saturated heterocycles. The van der Waals surface area contributed by atoms with Gasteiger partial charge < -0.3 is 9.47 Å². The summed E-state index contributed by atoms with van der Waals surface area (Å²) in [7, 11) is 0. The van der Waals surface area contributed by atoms with E-state index in [1.54, 1.807) is 6.92 Å². The minimum absolute atomic E-state index is 0.0981. The van der Waals surface area contributed by atoms with E-state index < -0.39 is 12.3 Å². The second-order valence-electron chi connectivity index (χ2n) is 3.07. The van der Waals surface area contributed by atoms with Gasteiger partial charge in [-0.1, -0.05) is 26.2 Å². The fourth-order valence-corrected chi connectivity index (χ4v) is 0.906. The van der Waals surface area contributed by atoms with Gasteiger partial charge in [-0.25, -0.2) is 9.68 Å². The predicted molar refractivity (Wildman–Crippen MR) is 55.8 cm³/mol. The molecule has 0 aliphatic heterocycles. The van der Waals surface area contributed by atoms with Crippen LogP contribution in [0.25, 0.3) is 0 Å². The van der Waals surface area contributed by atoms with E-state index in [1.807, 2.05) is 0 Å². The smallest absolute Gasteiger partial charge is 0.434 e. The maximum absolute atomic E-state index is 10.7. The highest BCUT2D eigenvalue weighted by molar-refractivity contribution is 5.76. The zero-order valence-corrected chi connectivity index (χ0v) is 10.1. The van der Waals surface area contributed by atoms with Gasteiger partial charge in [0.2, 0.25) is 0 Å². The van der Waals surface area contributed by atoms with E-state index in [9.17, 15) is 9.59 Å². The van der Waals surface area contributed by atoms with Crippen molar-refractivity contribution >= 4 is 12.3 Å². The number of hydrogen-bond donors (Lipinski definition) is 0. The lowest BCUT2D eigenvalue weighted by Crippen LogP contribution is -2.15. The van der Waals surface area contributed by atoms with E-state index in [0.29, 0.717) is 6.61 Å². The van der Waals surface area contributed by atoms with Gasteiger partial charge in [-0.15, -0.1) is 0 Å². The minimum Gasteiger partial charge on any atom is -0.434 e. The molecule has 0 bridgehead atoms. The Balaban J connectivity index is 3.30. The topological polar surface area (TPSA) is 80.3 Å². The minimum atomic E-state index is -1.34. The molecule has 0 fully saturated rings. The number of carbonyl (C=O) groups excluding carboxylic acids is 2. The van der Waals surface area contributed by atoms with Crippen LogP contribution >= 0.6 is 0 Å². The molecule has 0 amide bonds. The first-order valence-electron chi connectivity index (χ1n) is 5.55. The predicted octanol–water partition coefficient (Wildman–Crippen LogP) is 2.74. The Kier molecular flexibility index (Phi) is 10.3. The molecule has 0 N–H and O–H groups in total. The van der Waals surface area contributed by atoms with E-state index >= 15 is 0 Å². The van der Waals surface area contributed by atoms with Crippen LogP contribution in [-0.4, -0.2) is 25.5 Å². The molecule has 0 heterocycles. The van der Waals surface area contributed by atoms with E-state index in [-0.39, 0.29) is 6.61 Å². The molecule has 0 saturated carbocycles. The monoisotopic (exact) mass is 250 g/mol. The molecule has 17 heavy (non-hydrogen) atoms. The van der Waals surface area contributed by atoms with Gasteiger partial charge in [-0.05, 0) is 18.4 Å². The van der Waals surface area contributed by atoms with Crippen LogP contribution < -0.4 is 0 Å². The van der Waals surface area contributed by atoms with Gasteiger partial charge in [0.1, 0.15) is 0 Å². The molecule has 7 nitrogen and oxygen atoms in total. The molecular weight excluding hydrogens is 232 g/mol. The van der Waals surface area contributed by atoms with Crippen LogP contribution in [0, 0.1) is 0 Å². The Morgan fingerprint density at radius 3 is 2.41 bits per heavy atom. The largest absolute Gasteiger partial charge is 0.553 e. The lowest BCUT2D eigenvalue weighted by Gasteiger charge is -2.02. The standard InChI is InChI=1S/C10H18O7/c1-3-5-6-7-8-14-17-16-10(12)15-9(11)13-4-2/h3-8H2,1-2H3. The average molecular weight is 250 g/mol. The van der Waals surface area contributed by atoms with E-state index in [0.717, 1.165) is 25.7 Å². The van der Waals surface area contributed by atoms with E-state index in [1.165, 1.54) is 0 Å². The van der Waals surface area contributed by atoms with Gasteiger partial charge in [0.05, 0.1) is 13.2 Å². The second-order valence-corrected chi connectivity index (χ2v) is 3.07. The Bertz CT molecular complexity index is 217. The van der Waals surface area contributed by atoms with Crippen LogP contribution in [0.4, 0.5) is 9.59 Å². The Labute approximate surface area is 99.8 Å². The third-order valence-electron chi connectivity index (χ3n) is 1.66. The summed E-state index contributed by atoms with van der Waals surface area (Å²) in [5, 5.41) is 4.07. The SMILES string of the molecule is CCCCCCOOOC(=O)OC(=O)OCC. The molecule has 0 aliphatic rings. The average Bonchev–Trinajstić information content (AvgIpc) is 2.28. The summed E-state index contributed by atoms with van der Waals surface area (Å²) >= 11 is 0. The Hall–Kier alpha value is -1.34. The van der Waals surface area contributed by atoms with Gasteiger partial charge in [-0.3, -0.25) is 0 Å². The lowest BCUT2D eigenvalue weighted by molar-refractivity contribution is -0.485. The van der Waals surface area contributed by atoms with Crippen molar-refractivity contribution in [3.05, 3.63) is 0 Å². The first-order valence-corrected chi connectivity index (χ1v) is 5.55. The number of ether oxygens (including phenoxy) is 2. The van der Waals surface area contributed by atoms with Crippen molar-refractivity contribution in [3.8, 4) is 0 Å². The summed E-state index contributed by atoms with van der Waals surface area (Å²) in [6.07, 6.45) is 1.54. The quantitative estimate of drug-likeness (QED) is 0.215. The van der Waals surface area contributed by atoms with Crippen LogP contribution in [-0.2, 0) is 24.3 Å². The van der Waals surface area contributed by atoms with Gasteiger partial charge in [-0.2, -0.15) is 9.68 Å². The number of hydrogen-bond acceptors (Lipinski definition) is 7. The molecule has 100 valence electrons. The molecule has 0 aromatic carbocycles. The molecular formula is C10H18O7. The highest BCUT2D eigenvalue weighted by atomic mass is 17.5. The lowest BCUT2D eigenvalue weighted by atomic mass is 10.2. The first-order chi connectivity index (χ1) is 8.20. The molecule has 0 rings (SSSR count). The summed E-state index contributed by atoms with van der Waals surface area (Å²) in [6.45, 7) is 4.06. The zero-order valence-electron chi connectivity index (χ0n) is 10.1. The van der Waals surface area contributed by atoms with Gasteiger partial charge in [0, 0.05) is 0 Å². The molecule has 7 heteroatoms. The maximum Gasteiger partial charge on any atom is 0.553 e.